The number of nitrogens with zero attached hydrogens (tertiary/aromatic N) is 1. The van der Waals surface area contributed by atoms with Crippen molar-refractivity contribution < 1.29 is 5.11 Å². The lowest BCUT2D eigenvalue weighted by Gasteiger charge is -2.10. The number of aromatic amines is 1. The Morgan fingerprint density at radius 2 is 2.50 bits per heavy atom. The van der Waals surface area contributed by atoms with Crippen LogP contribution in [0.25, 0.3) is 10.9 Å². The van der Waals surface area contributed by atoms with E-state index in [2.05, 4.69) is 15.3 Å². The number of nitrogens with one attached hydrogen (secondary N) is 2. The van der Waals surface area contributed by atoms with Crippen molar-refractivity contribution in [3.63, 3.8) is 0 Å². The normalized spacial score (nSPS) is 13.0. The predicted molar refractivity (Wildman–Crippen MR) is 56.3 cm³/mol. The van der Waals surface area contributed by atoms with E-state index in [0.29, 0.717) is 0 Å². The van der Waals surface area contributed by atoms with Gasteiger partial charge in [-0.1, -0.05) is 0 Å². The van der Waals surface area contributed by atoms with Crippen molar-refractivity contribution in [2.75, 3.05) is 11.9 Å². The van der Waals surface area contributed by atoms with Crippen LogP contribution in [0.1, 0.15) is 6.92 Å². The number of aliphatic hydroxyl groups excluding tert-OH is 1. The fraction of sp³-hybridized carbons (Fsp3) is 0.300. The molecule has 0 saturated heterocycles. The number of H-pyrrole nitrogens is 1. The number of rotatable bonds is 3. The second kappa shape index (κ2) is 3.67. The first-order valence-electron chi connectivity index (χ1n) is 4.60. The number of pyridine rings is 1. The van der Waals surface area contributed by atoms with Gasteiger partial charge in [0.2, 0.25) is 0 Å². The Morgan fingerprint density at radius 3 is 3.29 bits per heavy atom. The maximum Gasteiger partial charge on any atom is 0.126 e. The zero-order chi connectivity index (χ0) is 9.97. The van der Waals surface area contributed by atoms with Crippen LogP contribution >= 0.6 is 0 Å². The van der Waals surface area contributed by atoms with E-state index in [1.54, 1.807) is 6.20 Å². The zero-order valence-electron chi connectivity index (χ0n) is 7.99. The molecule has 2 rings (SSSR count). The van der Waals surface area contributed by atoms with E-state index >= 15 is 0 Å². The first kappa shape index (κ1) is 9.02. The smallest absolute Gasteiger partial charge is 0.126 e. The number of anilines is 1. The largest absolute Gasteiger partial charge is 0.394 e. The van der Waals surface area contributed by atoms with Gasteiger partial charge < -0.3 is 15.4 Å². The Labute approximate surface area is 82.0 Å². The quantitative estimate of drug-likeness (QED) is 0.686. The Hall–Kier alpha value is -1.55. The second-order valence-corrected chi connectivity index (χ2v) is 3.36. The van der Waals surface area contributed by atoms with Crippen molar-refractivity contribution in [3.8, 4) is 0 Å². The van der Waals surface area contributed by atoms with Crippen molar-refractivity contribution in [2.24, 2.45) is 0 Å². The van der Waals surface area contributed by atoms with Gasteiger partial charge in [0.25, 0.3) is 0 Å². The van der Waals surface area contributed by atoms with E-state index in [-0.39, 0.29) is 12.6 Å². The van der Waals surface area contributed by atoms with E-state index in [9.17, 15) is 0 Å². The highest BCUT2D eigenvalue weighted by atomic mass is 16.3. The van der Waals surface area contributed by atoms with E-state index in [1.165, 1.54) is 0 Å². The molecule has 0 amide bonds. The molecular formula is C10H13N3O. The maximum absolute atomic E-state index is 8.87. The van der Waals surface area contributed by atoms with Crippen LogP contribution in [0, 0.1) is 0 Å². The minimum absolute atomic E-state index is 0.0268. The minimum Gasteiger partial charge on any atom is -0.394 e. The number of hydrogen-bond acceptors (Lipinski definition) is 3. The summed E-state index contributed by atoms with van der Waals surface area (Å²) in [5, 5.41) is 13.1. The minimum atomic E-state index is 0.0268. The molecule has 0 fully saturated rings. The molecule has 1 unspecified atom stereocenters. The number of hydrogen-bond donors (Lipinski definition) is 3. The van der Waals surface area contributed by atoms with Crippen molar-refractivity contribution in [2.45, 2.75) is 13.0 Å². The van der Waals surface area contributed by atoms with Crippen LogP contribution in [0.3, 0.4) is 0 Å². The van der Waals surface area contributed by atoms with Crippen LogP contribution in [0.15, 0.2) is 24.5 Å². The average molecular weight is 191 g/mol. The third kappa shape index (κ3) is 1.70. The zero-order valence-corrected chi connectivity index (χ0v) is 7.99. The highest BCUT2D eigenvalue weighted by Crippen LogP contribution is 2.15. The van der Waals surface area contributed by atoms with Crippen molar-refractivity contribution in [1.82, 2.24) is 9.97 Å². The first-order valence-corrected chi connectivity index (χ1v) is 4.60. The van der Waals surface area contributed by atoms with Gasteiger partial charge in [-0.3, -0.25) is 0 Å². The Bertz CT molecular complexity index is 424. The van der Waals surface area contributed by atoms with Gasteiger partial charge in [0.05, 0.1) is 18.3 Å². The van der Waals surface area contributed by atoms with Gasteiger partial charge in [0, 0.05) is 17.6 Å². The molecule has 4 nitrogen and oxygen atoms in total. The monoisotopic (exact) mass is 191 g/mol. The van der Waals surface area contributed by atoms with Gasteiger partial charge in [-0.25, -0.2) is 4.98 Å². The van der Waals surface area contributed by atoms with Gasteiger partial charge >= 0.3 is 0 Å². The van der Waals surface area contributed by atoms with Crippen LogP contribution in [0.5, 0.6) is 0 Å². The molecule has 2 aromatic heterocycles. The lowest BCUT2D eigenvalue weighted by Crippen LogP contribution is -2.19. The molecule has 0 spiro atoms. The van der Waals surface area contributed by atoms with E-state index in [1.807, 2.05) is 25.3 Å². The Morgan fingerprint density at radius 1 is 1.64 bits per heavy atom. The Kier molecular flexibility index (Phi) is 2.37. The summed E-state index contributed by atoms with van der Waals surface area (Å²) in [7, 11) is 0. The highest BCUT2D eigenvalue weighted by Gasteiger charge is 2.02. The van der Waals surface area contributed by atoms with E-state index < -0.39 is 0 Å². The molecule has 0 bridgehead atoms. The SMILES string of the molecule is CC(CO)Nc1cc2cc[nH]c2cn1. The second-order valence-electron chi connectivity index (χ2n) is 3.36. The molecule has 74 valence electrons. The van der Waals surface area contributed by atoms with E-state index in [4.69, 9.17) is 5.11 Å². The third-order valence-electron chi connectivity index (χ3n) is 2.11. The number of aromatic nitrogens is 2. The summed E-state index contributed by atoms with van der Waals surface area (Å²) in [6.45, 7) is 2.01. The molecule has 4 heteroatoms. The third-order valence-corrected chi connectivity index (χ3v) is 2.11. The fourth-order valence-corrected chi connectivity index (χ4v) is 1.33. The summed E-state index contributed by atoms with van der Waals surface area (Å²) in [4.78, 5) is 7.29. The summed E-state index contributed by atoms with van der Waals surface area (Å²) in [5.41, 5.74) is 1.02. The molecule has 0 aliphatic carbocycles. The molecule has 3 N–H and O–H groups in total. The van der Waals surface area contributed by atoms with Crippen LogP contribution in [-0.2, 0) is 0 Å². The van der Waals surface area contributed by atoms with Gasteiger partial charge in [0.15, 0.2) is 0 Å². The number of aliphatic hydroxyl groups is 1. The van der Waals surface area contributed by atoms with Gasteiger partial charge in [-0.2, -0.15) is 0 Å². The molecule has 0 aromatic carbocycles. The fourth-order valence-electron chi connectivity index (χ4n) is 1.33. The molecule has 1 atom stereocenters. The van der Waals surface area contributed by atoms with Crippen molar-refractivity contribution in [3.05, 3.63) is 24.5 Å². The Balaban J connectivity index is 2.25. The molecule has 0 aliphatic rings. The summed E-state index contributed by atoms with van der Waals surface area (Å²) >= 11 is 0. The summed E-state index contributed by atoms with van der Waals surface area (Å²) in [6.07, 6.45) is 3.66. The molecule has 0 saturated carbocycles. The molecule has 2 heterocycles. The first-order chi connectivity index (χ1) is 6.79. The standard InChI is InChI=1S/C10H13N3O/c1-7(6-14)13-10-4-8-2-3-11-9(8)5-12-10/h2-5,7,11,14H,6H2,1H3,(H,12,13). The summed E-state index contributed by atoms with van der Waals surface area (Å²) in [6, 6.07) is 3.97. The average Bonchev–Trinajstić information content (AvgIpc) is 2.64. The summed E-state index contributed by atoms with van der Waals surface area (Å²) < 4.78 is 0. The highest BCUT2D eigenvalue weighted by molar-refractivity contribution is 5.80. The van der Waals surface area contributed by atoms with Crippen LogP contribution in [0.4, 0.5) is 5.82 Å². The van der Waals surface area contributed by atoms with Gasteiger partial charge in [0.1, 0.15) is 5.82 Å². The predicted octanol–water partition coefficient (Wildman–Crippen LogP) is 1.36. The van der Waals surface area contributed by atoms with Gasteiger partial charge in [-0.15, -0.1) is 0 Å². The number of fused-ring (bicyclic) bond motifs is 1. The van der Waals surface area contributed by atoms with Crippen molar-refractivity contribution >= 4 is 16.7 Å². The summed E-state index contributed by atoms with van der Waals surface area (Å²) in [5.74, 6) is 0.790. The molecule has 0 aliphatic heterocycles. The van der Waals surface area contributed by atoms with Crippen LogP contribution < -0.4 is 5.32 Å². The topological polar surface area (TPSA) is 60.9 Å². The molecular weight excluding hydrogens is 178 g/mol. The maximum atomic E-state index is 8.87. The molecule has 0 radical (unpaired) electrons. The van der Waals surface area contributed by atoms with Crippen LogP contribution in [0.2, 0.25) is 0 Å². The molecule has 14 heavy (non-hydrogen) atoms. The van der Waals surface area contributed by atoms with Crippen LogP contribution in [-0.4, -0.2) is 27.7 Å². The van der Waals surface area contributed by atoms with Crippen molar-refractivity contribution in [1.29, 1.82) is 0 Å². The van der Waals surface area contributed by atoms with E-state index in [0.717, 1.165) is 16.7 Å². The lowest BCUT2D eigenvalue weighted by molar-refractivity contribution is 0.281. The van der Waals surface area contributed by atoms with Gasteiger partial charge in [-0.05, 0) is 19.1 Å². The molecule has 2 aromatic rings. The lowest BCUT2D eigenvalue weighted by atomic mass is 10.3.